The molecule has 6 N–H and O–H groups in total. The van der Waals surface area contributed by atoms with Crippen molar-refractivity contribution in [3.05, 3.63) is 59.9 Å². The zero-order valence-corrected chi connectivity index (χ0v) is 13.2. The van der Waals surface area contributed by atoms with Gasteiger partial charge in [0.15, 0.2) is 0 Å². The molecule has 24 heavy (non-hydrogen) atoms. The summed E-state index contributed by atoms with van der Waals surface area (Å²) in [7, 11) is 0. The molecule has 5 nitrogen and oxygen atoms in total. The lowest BCUT2D eigenvalue weighted by atomic mass is 9.85. The summed E-state index contributed by atoms with van der Waals surface area (Å²) in [6, 6.07) is 10.4. The monoisotopic (exact) mass is 321 g/mol. The van der Waals surface area contributed by atoms with Gasteiger partial charge < -0.3 is 25.9 Å². The first-order valence-electron chi connectivity index (χ1n) is 7.90. The molecule has 2 aromatic carbocycles. The number of nitrogens with one attached hydrogen (secondary N) is 2. The predicted molar refractivity (Wildman–Crippen MR) is 95.4 cm³/mol. The van der Waals surface area contributed by atoms with Crippen molar-refractivity contribution < 1.29 is 10.2 Å². The van der Waals surface area contributed by atoms with Crippen molar-refractivity contribution in [1.29, 1.82) is 0 Å². The van der Waals surface area contributed by atoms with Crippen LogP contribution in [-0.2, 0) is 0 Å². The lowest BCUT2D eigenvalue weighted by molar-refractivity contribution is 0.475. The minimum atomic E-state index is -0.146. The number of hydrogen-bond acceptors (Lipinski definition) is 3. The van der Waals surface area contributed by atoms with Crippen LogP contribution in [0.2, 0.25) is 0 Å². The van der Waals surface area contributed by atoms with E-state index in [4.69, 9.17) is 5.73 Å². The van der Waals surface area contributed by atoms with E-state index in [1.807, 2.05) is 31.5 Å². The summed E-state index contributed by atoms with van der Waals surface area (Å²) in [6.45, 7) is 1.97. The van der Waals surface area contributed by atoms with Gasteiger partial charge in [0.05, 0.1) is 0 Å². The van der Waals surface area contributed by atoms with Crippen molar-refractivity contribution in [1.82, 2.24) is 9.97 Å². The van der Waals surface area contributed by atoms with Crippen LogP contribution in [0.25, 0.3) is 21.8 Å². The molecule has 0 aliphatic carbocycles. The van der Waals surface area contributed by atoms with E-state index in [-0.39, 0.29) is 23.5 Å². The largest absolute Gasteiger partial charge is 0.508 e. The highest BCUT2D eigenvalue weighted by Gasteiger charge is 2.24. The molecule has 122 valence electrons. The van der Waals surface area contributed by atoms with E-state index in [1.54, 1.807) is 24.3 Å². The topological polar surface area (TPSA) is 98.1 Å². The van der Waals surface area contributed by atoms with E-state index in [9.17, 15) is 10.2 Å². The molecule has 1 unspecified atom stereocenters. The molecule has 2 aromatic heterocycles. The minimum Gasteiger partial charge on any atom is -0.508 e. The Hall–Kier alpha value is -2.92. The van der Waals surface area contributed by atoms with E-state index in [0.717, 1.165) is 32.9 Å². The fourth-order valence-electron chi connectivity index (χ4n) is 3.51. The smallest absolute Gasteiger partial charge is 0.116 e. The van der Waals surface area contributed by atoms with Gasteiger partial charge in [-0.15, -0.1) is 0 Å². The van der Waals surface area contributed by atoms with Crippen LogP contribution in [0.5, 0.6) is 11.5 Å². The second-order valence-electron chi connectivity index (χ2n) is 6.28. The Morgan fingerprint density at radius 1 is 0.833 bits per heavy atom. The van der Waals surface area contributed by atoms with Crippen LogP contribution < -0.4 is 5.73 Å². The third-order valence-corrected chi connectivity index (χ3v) is 4.59. The normalized spacial score (nSPS) is 13.1. The summed E-state index contributed by atoms with van der Waals surface area (Å²) in [4.78, 5) is 6.49. The number of H-pyrrole nitrogens is 2. The lowest BCUT2D eigenvalue weighted by Gasteiger charge is -2.20. The van der Waals surface area contributed by atoms with E-state index in [1.165, 1.54) is 0 Å². The van der Waals surface area contributed by atoms with Crippen LogP contribution in [0.3, 0.4) is 0 Å². The summed E-state index contributed by atoms with van der Waals surface area (Å²) < 4.78 is 0. The Morgan fingerprint density at radius 3 is 1.71 bits per heavy atom. The van der Waals surface area contributed by atoms with Crippen LogP contribution in [0.4, 0.5) is 0 Å². The molecule has 4 aromatic rings. The standard InChI is InChI=1S/C19H19N3O2/c1-10(20)19(15-8-21-17-4-2-11(23)6-13(15)17)16-9-22-18-5-3-12(24)7-14(16)18/h2-10,19,21-24H,20H2,1H3. The van der Waals surface area contributed by atoms with Gasteiger partial charge in [0.1, 0.15) is 11.5 Å². The SMILES string of the molecule is CC(N)C(c1c[nH]c2ccc(O)cc12)c1c[nH]c2ccc(O)cc12. The molecule has 0 saturated carbocycles. The maximum Gasteiger partial charge on any atom is 0.116 e. The fourth-order valence-corrected chi connectivity index (χ4v) is 3.51. The van der Waals surface area contributed by atoms with Gasteiger partial charge in [-0.25, -0.2) is 0 Å². The van der Waals surface area contributed by atoms with Crippen LogP contribution in [0.15, 0.2) is 48.8 Å². The van der Waals surface area contributed by atoms with Gasteiger partial charge in [0.2, 0.25) is 0 Å². The van der Waals surface area contributed by atoms with Crippen molar-refractivity contribution in [3.8, 4) is 11.5 Å². The zero-order chi connectivity index (χ0) is 16.8. The molecular formula is C19H19N3O2. The van der Waals surface area contributed by atoms with Crippen molar-refractivity contribution >= 4 is 21.8 Å². The second-order valence-corrected chi connectivity index (χ2v) is 6.28. The highest BCUT2D eigenvalue weighted by atomic mass is 16.3. The summed E-state index contributed by atoms with van der Waals surface area (Å²) in [6.07, 6.45) is 3.89. The highest BCUT2D eigenvalue weighted by molar-refractivity contribution is 5.89. The average molecular weight is 321 g/mol. The summed E-state index contributed by atoms with van der Waals surface area (Å²) in [5.74, 6) is 0.378. The van der Waals surface area contributed by atoms with E-state index in [0.29, 0.717) is 0 Å². The molecule has 0 saturated heterocycles. The molecule has 2 heterocycles. The maximum absolute atomic E-state index is 9.85. The van der Waals surface area contributed by atoms with Crippen LogP contribution in [0.1, 0.15) is 24.0 Å². The first-order chi connectivity index (χ1) is 11.5. The Bertz CT molecular complexity index is 950. The number of aromatic nitrogens is 2. The molecule has 0 aliphatic heterocycles. The number of aromatic hydroxyl groups is 2. The molecule has 5 heteroatoms. The summed E-state index contributed by atoms with van der Waals surface area (Å²) in [5.41, 5.74) is 10.3. The molecule has 0 spiro atoms. The van der Waals surface area contributed by atoms with Gasteiger partial charge in [-0.3, -0.25) is 0 Å². The predicted octanol–water partition coefficient (Wildman–Crippen LogP) is 3.54. The van der Waals surface area contributed by atoms with Crippen LogP contribution >= 0.6 is 0 Å². The number of nitrogens with two attached hydrogens (primary N) is 1. The minimum absolute atomic E-state index is 0.0731. The number of hydrogen-bond donors (Lipinski definition) is 5. The number of aromatic amines is 2. The summed E-state index contributed by atoms with van der Waals surface area (Å²) >= 11 is 0. The molecule has 1 atom stereocenters. The second kappa shape index (κ2) is 5.32. The van der Waals surface area contributed by atoms with E-state index >= 15 is 0 Å². The van der Waals surface area contributed by atoms with Crippen molar-refractivity contribution in [2.75, 3.05) is 0 Å². The van der Waals surface area contributed by atoms with Gasteiger partial charge in [-0.05, 0) is 54.4 Å². The first-order valence-corrected chi connectivity index (χ1v) is 7.90. The van der Waals surface area contributed by atoms with Gasteiger partial charge in [0, 0.05) is 46.2 Å². The number of fused-ring (bicyclic) bond motifs is 2. The Kier molecular flexibility index (Phi) is 3.25. The number of rotatable bonds is 3. The number of phenols is 2. The van der Waals surface area contributed by atoms with E-state index < -0.39 is 0 Å². The quantitative estimate of drug-likeness (QED) is 0.399. The maximum atomic E-state index is 9.85. The van der Waals surface area contributed by atoms with Gasteiger partial charge in [-0.2, -0.15) is 0 Å². The zero-order valence-electron chi connectivity index (χ0n) is 13.2. The highest BCUT2D eigenvalue weighted by Crippen LogP contribution is 2.38. The van der Waals surface area contributed by atoms with Crippen molar-refractivity contribution in [3.63, 3.8) is 0 Å². The number of phenolic OH excluding ortho intramolecular Hbond substituents is 2. The Labute approximate surface area is 138 Å². The Morgan fingerprint density at radius 2 is 1.29 bits per heavy atom. The average Bonchev–Trinajstić information content (AvgIpc) is 3.12. The summed E-state index contributed by atoms with van der Waals surface area (Å²) in [5, 5.41) is 21.6. The Balaban J connectivity index is 1.96. The van der Waals surface area contributed by atoms with Crippen molar-refractivity contribution in [2.45, 2.75) is 18.9 Å². The van der Waals surface area contributed by atoms with Gasteiger partial charge >= 0.3 is 0 Å². The number of benzene rings is 2. The van der Waals surface area contributed by atoms with Crippen LogP contribution in [0, 0.1) is 0 Å². The molecule has 0 fully saturated rings. The third-order valence-electron chi connectivity index (χ3n) is 4.59. The molecule has 0 amide bonds. The fraction of sp³-hybridized carbons (Fsp3) is 0.158. The lowest BCUT2D eigenvalue weighted by Crippen LogP contribution is -2.25. The molecule has 0 bridgehead atoms. The van der Waals surface area contributed by atoms with Crippen LogP contribution in [-0.4, -0.2) is 26.2 Å². The molecule has 4 rings (SSSR count). The molecular weight excluding hydrogens is 302 g/mol. The molecule has 0 aliphatic rings. The van der Waals surface area contributed by atoms with Gasteiger partial charge in [-0.1, -0.05) is 0 Å². The van der Waals surface area contributed by atoms with Crippen molar-refractivity contribution in [2.24, 2.45) is 5.73 Å². The van der Waals surface area contributed by atoms with Gasteiger partial charge in [0.25, 0.3) is 0 Å². The third kappa shape index (κ3) is 2.21. The molecule has 0 radical (unpaired) electrons. The first kappa shape index (κ1) is 14.7. The van der Waals surface area contributed by atoms with E-state index in [2.05, 4.69) is 9.97 Å².